The molecular weight excluding hydrogens is 170 g/mol. The first-order valence-corrected chi connectivity index (χ1v) is 3.63. The molecule has 0 aliphatic carbocycles. The molecule has 5 heteroatoms. The summed E-state index contributed by atoms with van der Waals surface area (Å²) in [6, 6.07) is 7.07. The first-order chi connectivity index (χ1) is 6.40. The highest BCUT2D eigenvalue weighted by molar-refractivity contribution is 5.54. The summed E-state index contributed by atoms with van der Waals surface area (Å²) in [6.07, 6.45) is 1.27. The second kappa shape index (κ2) is 3.24. The minimum atomic E-state index is 0.443. The Morgan fingerprint density at radius 2 is 2.31 bits per heavy atom. The van der Waals surface area contributed by atoms with Crippen molar-refractivity contribution in [2.24, 2.45) is 5.90 Å². The molecule has 0 saturated heterocycles. The van der Waals surface area contributed by atoms with Crippen LogP contribution in [0.2, 0.25) is 0 Å². The van der Waals surface area contributed by atoms with Gasteiger partial charge in [0.05, 0.1) is 0 Å². The molecule has 13 heavy (non-hydrogen) atoms. The summed E-state index contributed by atoms with van der Waals surface area (Å²) in [4.78, 5) is 4.56. The summed E-state index contributed by atoms with van der Waals surface area (Å²) in [5.41, 5.74) is 0.778. The fraction of sp³-hybridized carbons (Fsp3) is 0. The highest BCUT2D eigenvalue weighted by atomic mass is 16.6. The molecule has 2 rings (SSSR count). The predicted molar refractivity (Wildman–Crippen MR) is 44.5 cm³/mol. The van der Waals surface area contributed by atoms with Crippen LogP contribution in [0.3, 0.4) is 0 Å². The first-order valence-electron chi connectivity index (χ1n) is 3.63. The molecule has 0 aliphatic heterocycles. The third kappa shape index (κ3) is 1.50. The second-order valence-electron chi connectivity index (χ2n) is 2.39. The summed E-state index contributed by atoms with van der Waals surface area (Å²) in [6.45, 7) is 0. The monoisotopic (exact) mass is 177 g/mol. The van der Waals surface area contributed by atoms with Crippen LogP contribution in [0.4, 0.5) is 0 Å². The van der Waals surface area contributed by atoms with E-state index in [-0.39, 0.29) is 0 Å². The molecule has 1 heterocycles. The lowest BCUT2D eigenvalue weighted by Crippen LogP contribution is -2.01. The molecular formula is C8H7N3O2. The minimum Gasteiger partial charge on any atom is -0.423 e. The fourth-order valence-electron chi connectivity index (χ4n) is 1.00. The van der Waals surface area contributed by atoms with E-state index in [1.54, 1.807) is 18.2 Å². The van der Waals surface area contributed by atoms with Gasteiger partial charge in [0.1, 0.15) is 5.75 Å². The zero-order valence-corrected chi connectivity index (χ0v) is 6.68. The molecule has 0 saturated carbocycles. The average molecular weight is 177 g/mol. The van der Waals surface area contributed by atoms with Crippen molar-refractivity contribution < 1.29 is 9.25 Å². The van der Waals surface area contributed by atoms with Crippen LogP contribution >= 0.6 is 0 Å². The molecule has 1 aromatic carbocycles. The van der Waals surface area contributed by atoms with Crippen LogP contribution in [0.15, 0.2) is 35.1 Å². The Labute approximate surface area is 74.1 Å². The van der Waals surface area contributed by atoms with Gasteiger partial charge >= 0.3 is 0 Å². The van der Waals surface area contributed by atoms with Gasteiger partial charge in [-0.15, -0.1) is 10.2 Å². The minimum absolute atomic E-state index is 0.443. The molecule has 1 aromatic heterocycles. The van der Waals surface area contributed by atoms with E-state index < -0.39 is 0 Å². The maximum absolute atomic E-state index is 5.01. The van der Waals surface area contributed by atoms with E-state index in [1.165, 1.54) is 6.39 Å². The lowest BCUT2D eigenvalue weighted by atomic mass is 10.2. The van der Waals surface area contributed by atoms with Crippen molar-refractivity contribution in [3.8, 4) is 17.2 Å². The molecule has 66 valence electrons. The number of hydrogen-bond donors (Lipinski definition) is 1. The summed E-state index contributed by atoms with van der Waals surface area (Å²) in [5, 5.41) is 7.31. The van der Waals surface area contributed by atoms with E-state index in [2.05, 4.69) is 15.0 Å². The van der Waals surface area contributed by atoms with Crippen molar-refractivity contribution in [1.29, 1.82) is 0 Å². The number of nitrogens with zero attached hydrogens (tertiary/aromatic N) is 2. The van der Waals surface area contributed by atoms with E-state index in [1.807, 2.05) is 6.07 Å². The summed E-state index contributed by atoms with van der Waals surface area (Å²) in [7, 11) is 0. The van der Waals surface area contributed by atoms with Gasteiger partial charge in [-0.2, -0.15) is 5.90 Å². The SMILES string of the molecule is NOc1cccc(-c2nnco2)c1. The molecule has 5 nitrogen and oxygen atoms in total. The zero-order chi connectivity index (χ0) is 9.10. The van der Waals surface area contributed by atoms with Gasteiger partial charge in [0.15, 0.2) is 0 Å². The maximum Gasteiger partial charge on any atom is 0.247 e. The van der Waals surface area contributed by atoms with Crippen molar-refractivity contribution >= 4 is 0 Å². The fourth-order valence-corrected chi connectivity index (χ4v) is 1.00. The van der Waals surface area contributed by atoms with Crippen molar-refractivity contribution in [1.82, 2.24) is 10.2 Å². The van der Waals surface area contributed by atoms with Crippen molar-refractivity contribution in [3.05, 3.63) is 30.7 Å². The van der Waals surface area contributed by atoms with Gasteiger partial charge in [-0.3, -0.25) is 0 Å². The van der Waals surface area contributed by atoms with Gasteiger partial charge in [0.2, 0.25) is 12.3 Å². The normalized spacial score (nSPS) is 9.92. The summed E-state index contributed by atoms with van der Waals surface area (Å²) >= 11 is 0. The van der Waals surface area contributed by atoms with E-state index in [0.29, 0.717) is 11.6 Å². The van der Waals surface area contributed by atoms with E-state index in [0.717, 1.165) is 5.56 Å². The Bertz CT molecular complexity index is 386. The zero-order valence-electron chi connectivity index (χ0n) is 6.68. The molecule has 2 N–H and O–H groups in total. The van der Waals surface area contributed by atoms with Gasteiger partial charge in [-0.25, -0.2) is 0 Å². The van der Waals surface area contributed by atoms with Gasteiger partial charge in [0, 0.05) is 5.56 Å². The topological polar surface area (TPSA) is 74.2 Å². The van der Waals surface area contributed by atoms with E-state index in [9.17, 15) is 0 Å². The number of aromatic nitrogens is 2. The lowest BCUT2D eigenvalue weighted by molar-refractivity contribution is 0.334. The number of benzene rings is 1. The molecule has 0 atom stereocenters. The van der Waals surface area contributed by atoms with Crippen LogP contribution in [0.5, 0.6) is 5.75 Å². The summed E-state index contributed by atoms with van der Waals surface area (Å²) < 4.78 is 5.00. The molecule has 0 radical (unpaired) electrons. The van der Waals surface area contributed by atoms with Crippen LogP contribution in [-0.4, -0.2) is 10.2 Å². The van der Waals surface area contributed by atoms with Gasteiger partial charge in [0.25, 0.3) is 0 Å². The van der Waals surface area contributed by atoms with E-state index in [4.69, 9.17) is 10.3 Å². The number of rotatable bonds is 2. The average Bonchev–Trinajstić information content (AvgIpc) is 2.71. The Morgan fingerprint density at radius 1 is 1.38 bits per heavy atom. The second-order valence-corrected chi connectivity index (χ2v) is 2.39. The Hall–Kier alpha value is -1.88. The summed E-state index contributed by atoms with van der Waals surface area (Å²) in [5.74, 6) is 6.00. The molecule has 0 fully saturated rings. The molecule has 0 spiro atoms. The smallest absolute Gasteiger partial charge is 0.247 e. The first kappa shape index (κ1) is 7.75. The number of hydrogen-bond acceptors (Lipinski definition) is 5. The van der Waals surface area contributed by atoms with E-state index >= 15 is 0 Å². The van der Waals surface area contributed by atoms with Gasteiger partial charge in [-0.1, -0.05) is 6.07 Å². The van der Waals surface area contributed by atoms with Crippen LogP contribution in [0, 0.1) is 0 Å². The Balaban J connectivity index is 2.41. The lowest BCUT2D eigenvalue weighted by Gasteiger charge is -1.98. The third-order valence-electron chi connectivity index (χ3n) is 1.58. The largest absolute Gasteiger partial charge is 0.423 e. The molecule has 0 unspecified atom stereocenters. The molecule has 2 aromatic rings. The number of nitrogens with two attached hydrogens (primary N) is 1. The Morgan fingerprint density at radius 3 is 3.00 bits per heavy atom. The molecule has 0 aliphatic rings. The van der Waals surface area contributed by atoms with Crippen LogP contribution in [0.25, 0.3) is 11.5 Å². The third-order valence-corrected chi connectivity index (χ3v) is 1.58. The highest BCUT2D eigenvalue weighted by Crippen LogP contribution is 2.20. The standard InChI is InChI=1S/C8H7N3O2/c9-13-7-3-1-2-6(4-7)8-11-10-5-12-8/h1-5H,9H2. The van der Waals surface area contributed by atoms with Crippen molar-refractivity contribution in [2.75, 3.05) is 0 Å². The Kier molecular flexibility index (Phi) is 1.93. The predicted octanol–water partition coefficient (Wildman–Crippen LogP) is 0.989. The van der Waals surface area contributed by atoms with Gasteiger partial charge in [-0.05, 0) is 18.2 Å². The maximum atomic E-state index is 5.01. The van der Waals surface area contributed by atoms with Crippen molar-refractivity contribution in [3.63, 3.8) is 0 Å². The highest BCUT2D eigenvalue weighted by Gasteiger charge is 2.03. The van der Waals surface area contributed by atoms with Crippen LogP contribution in [-0.2, 0) is 0 Å². The van der Waals surface area contributed by atoms with Crippen LogP contribution < -0.4 is 10.7 Å². The quantitative estimate of drug-likeness (QED) is 0.692. The van der Waals surface area contributed by atoms with Gasteiger partial charge < -0.3 is 9.25 Å². The molecule has 0 amide bonds. The van der Waals surface area contributed by atoms with Crippen LogP contribution in [0.1, 0.15) is 0 Å². The van der Waals surface area contributed by atoms with Crippen molar-refractivity contribution in [2.45, 2.75) is 0 Å². The molecule has 0 bridgehead atoms.